The molecular weight excluding hydrogens is 355 g/mol. The zero-order chi connectivity index (χ0) is 15.1. The predicted molar refractivity (Wildman–Crippen MR) is 96.2 cm³/mol. The lowest BCUT2D eigenvalue weighted by Crippen LogP contribution is -1.76. The Hall–Kier alpha value is -1.46. The van der Waals surface area contributed by atoms with E-state index in [9.17, 15) is 0 Å². The van der Waals surface area contributed by atoms with Gasteiger partial charge in [-0.2, -0.15) is 0 Å². The molecule has 0 N–H and O–H groups in total. The highest BCUT2D eigenvalue weighted by Crippen LogP contribution is 2.37. The Labute approximate surface area is 145 Å². The highest BCUT2D eigenvalue weighted by Gasteiger charge is 2.13. The Morgan fingerprint density at radius 1 is 0.682 bits per heavy atom. The van der Waals surface area contributed by atoms with Gasteiger partial charge in [-0.3, -0.25) is 0 Å². The molecule has 0 spiro atoms. The summed E-state index contributed by atoms with van der Waals surface area (Å²) in [5.41, 5.74) is 2.04. The van der Waals surface area contributed by atoms with E-state index in [0.29, 0.717) is 10.0 Å². The first-order chi connectivity index (χ1) is 10.7. The second-order valence-corrected chi connectivity index (χ2v) is 7.50. The lowest BCUT2D eigenvalue weighted by Gasteiger charge is -1.97. The molecule has 2 nitrogen and oxygen atoms in total. The van der Waals surface area contributed by atoms with Gasteiger partial charge in [-0.1, -0.05) is 70.1 Å². The summed E-state index contributed by atoms with van der Waals surface area (Å²) in [5, 5.41) is 3.30. The van der Waals surface area contributed by atoms with E-state index in [-0.39, 0.29) is 0 Å². The summed E-state index contributed by atoms with van der Waals surface area (Å²) in [7, 11) is 0. The van der Waals surface area contributed by atoms with Gasteiger partial charge in [0.15, 0.2) is 9.66 Å². The van der Waals surface area contributed by atoms with Gasteiger partial charge in [0.2, 0.25) is 0 Å². The van der Waals surface area contributed by atoms with Gasteiger partial charge < -0.3 is 0 Å². The summed E-state index contributed by atoms with van der Waals surface area (Å²) in [6, 6.07) is 15.4. The average molecular weight is 363 g/mol. The van der Waals surface area contributed by atoms with Crippen LogP contribution in [0.3, 0.4) is 0 Å². The van der Waals surface area contributed by atoms with Crippen LogP contribution in [0, 0.1) is 0 Å². The Kier molecular flexibility index (Phi) is 3.62. The van der Waals surface area contributed by atoms with Crippen molar-refractivity contribution in [3.63, 3.8) is 0 Å². The number of fused-ring (bicyclic) bond motifs is 1. The van der Waals surface area contributed by atoms with Crippen LogP contribution >= 0.6 is 45.9 Å². The van der Waals surface area contributed by atoms with E-state index in [4.69, 9.17) is 23.2 Å². The summed E-state index contributed by atoms with van der Waals surface area (Å²) in [6.45, 7) is 0. The van der Waals surface area contributed by atoms with Crippen LogP contribution in [-0.2, 0) is 0 Å². The van der Waals surface area contributed by atoms with Crippen LogP contribution < -0.4 is 0 Å². The SMILES string of the molecule is Clc1cccc(-c2nc3sc(-c4cccc(Cl)c4)nc3s2)c1. The second kappa shape index (κ2) is 5.63. The van der Waals surface area contributed by atoms with Crippen LogP contribution in [0.1, 0.15) is 0 Å². The van der Waals surface area contributed by atoms with Crippen molar-refractivity contribution in [1.29, 1.82) is 0 Å². The highest BCUT2D eigenvalue weighted by atomic mass is 35.5. The topological polar surface area (TPSA) is 25.8 Å². The van der Waals surface area contributed by atoms with Crippen LogP contribution in [0.5, 0.6) is 0 Å². The van der Waals surface area contributed by atoms with Crippen LogP contribution in [0.4, 0.5) is 0 Å². The zero-order valence-electron chi connectivity index (χ0n) is 11.1. The summed E-state index contributed by atoms with van der Waals surface area (Å²) in [4.78, 5) is 11.2. The molecule has 0 aliphatic carbocycles. The van der Waals surface area contributed by atoms with Crippen LogP contribution in [-0.4, -0.2) is 9.97 Å². The molecule has 4 aromatic rings. The quantitative estimate of drug-likeness (QED) is 0.412. The third kappa shape index (κ3) is 2.63. The fraction of sp³-hybridized carbons (Fsp3) is 0. The van der Waals surface area contributed by atoms with Crippen LogP contribution in [0.2, 0.25) is 10.0 Å². The lowest BCUT2D eigenvalue weighted by atomic mass is 10.2. The minimum atomic E-state index is 0.712. The van der Waals surface area contributed by atoms with E-state index < -0.39 is 0 Å². The van der Waals surface area contributed by atoms with Gasteiger partial charge in [0.05, 0.1) is 0 Å². The molecule has 0 aliphatic rings. The smallest absolute Gasteiger partial charge is 0.155 e. The molecule has 0 radical (unpaired) electrons. The molecule has 22 heavy (non-hydrogen) atoms. The zero-order valence-corrected chi connectivity index (χ0v) is 14.2. The number of aromatic nitrogens is 2. The van der Waals surface area contributed by atoms with E-state index in [2.05, 4.69) is 9.97 Å². The number of hydrogen-bond donors (Lipinski definition) is 0. The van der Waals surface area contributed by atoms with Crippen molar-refractivity contribution in [3.05, 3.63) is 58.6 Å². The largest absolute Gasteiger partial charge is 0.223 e. The average Bonchev–Trinajstić information content (AvgIpc) is 3.05. The molecule has 2 aromatic carbocycles. The van der Waals surface area contributed by atoms with Crippen molar-refractivity contribution in [2.24, 2.45) is 0 Å². The maximum absolute atomic E-state index is 6.04. The van der Waals surface area contributed by atoms with Gasteiger partial charge >= 0.3 is 0 Å². The normalized spacial score (nSPS) is 11.2. The van der Waals surface area contributed by atoms with Crippen LogP contribution in [0.25, 0.3) is 30.8 Å². The van der Waals surface area contributed by atoms with Crippen LogP contribution in [0.15, 0.2) is 48.5 Å². The summed E-state index contributed by atoms with van der Waals surface area (Å²) in [6.07, 6.45) is 0. The number of thiazole rings is 2. The van der Waals surface area contributed by atoms with Crippen molar-refractivity contribution in [1.82, 2.24) is 9.97 Å². The maximum Gasteiger partial charge on any atom is 0.155 e. The number of hydrogen-bond acceptors (Lipinski definition) is 4. The van der Waals surface area contributed by atoms with Gasteiger partial charge in [-0.15, -0.1) is 0 Å². The molecule has 6 heteroatoms. The fourth-order valence-electron chi connectivity index (χ4n) is 2.13. The minimum Gasteiger partial charge on any atom is -0.223 e. The molecule has 0 atom stereocenters. The predicted octanol–water partition coefficient (Wildman–Crippen LogP) is 6.39. The van der Waals surface area contributed by atoms with Gasteiger partial charge in [-0.25, -0.2) is 9.97 Å². The molecule has 2 heterocycles. The molecule has 0 saturated heterocycles. The molecule has 0 bridgehead atoms. The number of benzene rings is 2. The lowest BCUT2D eigenvalue weighted by molar-refractivity contribution is 1.48. The molecule has 0 aliphatic heterocycles. The van der Waals surface area contributed by atoms with Gasteiger partial charge in [0.25, 0.3) is 0 Å². The number of halogens is 2. The van der Waals surface area contributed by atoms with Crippen molar-refractivity contribution in [2.45, 2.75) is 0 Å². The first-order valence-electron chi connectivity index (χ1n) is 6.48. The molecule has 0 saturated carbocycles. The Balaban J connectivity index is 1.77. The molecule has 2 aromatic heterocycles. The van der Waals surface area contributed by atoms with Crippen molar-refractivity contribution < 1.29 is 0 Å². The highest BCUT2D eigenvalue weighted by molar-refractivity contribution is 7.29. The summed E-state index contributed by atoms with van der Waals surface area (Å²) < 4.78 is 0. The number of rotatable bonds is 2. The number of nitrogens with zero attached hydrogens (tertiary/aromatic N) is 2. The molecule has 0 amide bonds. The standard InChI is InChI=1S/C16H8Cl2N2S2/c17-11-5-1-3-9(7-11)13-19-15-16(21-13)20-14(22-15)10-4-2-6-12(18)8-10/h1-8H. The minimum absolute atomic E-state index is 0.712. The first-order valence-corrected chi connectivity index (χ1v) is 8.87. The summed E-state index contributed by atoms with van der Waals surface area (Å²) >= 11 is 15.2. The molecule has 4 rings (SSSR count). The van der Waals surface area contributed by atoms with Crippen molar-refractivity contribution in [3.8, 4) is 21.1 Å². The monoisotopic (exact) mass is 362 g/mol. The van der Waals surface area contributed by atoms with E-state index in [0.717, 1.165) is 30.8 Å². The first kappa shape index (κ1) is 14.2. The van der Waals surface area contributed by atoms with E-state index in [1.165, 1.54) is 0 Å². The second-order valence-electron chi connectivity index (χ2n) is 4.67. The van der Waals surface area contributed by atoms with E-state index in [1.54, 1.807) is 22.7 Å². The molecule has 0 unspecified atom stereocenters. The van der Waals surface area contributed by atoms with Gasteiger partial charge in [-0.05, 0) is 24.3 Å². The summed E-state index contributed by atoms with van der Waals surface area (Å²) in [5.74, 6) is 0. The van der Waals surface area contributed by atoms with E-state index >= 15 is 0 Å². The Morgan fingerprint density at radius 3 is 1.55 bits per heavy atom. The third-order valence-corrected chi connectivity index (χ3v) is 5.72. The van der Waals surface area contributed by atoms with Crippen molar-refractivity contribution >= 4 is 55.5 Å². The van der Waals surface area contributed by atoms with E-state index in [1.807, 2.05) is 48.5 Å². The van der Waals surface area contributed by atoms with Gasteiger partial charge in [0, 0.05) is 21.2 Å². The Bertz CT molecular complexity index is 869. The maximum atomic E-state index is 6.04. The molecule has 108 valence electrons. The van der Waals surface area contributed by atoms with Gasteiger partial charge in [0.1, 0.15) is 10.0 Å². The fourth-order valence-corrected chi connectivity index (χ4v) is 4.55. The molecular formula is C16H8Cl2N2S2. The van der Waals surface area contributed by atoms with Crippen molar-refractivity contribution in [2.75, 3.05) is 0 Å². The third-order valence-electron chi connectivity index (χ3n) is 3.12. The Morgan fingerprint density at radius 2 is 1.14 bits per heavy atom. The molecule has 0 fully saturated rings.